The molecule has 1 fully saturated rings. The van der Waals surface area contributed by atoms with Crippen LogP contribution in [-0.4, -0.2) is 12.6 Å². The quantitative estimate of drug-likeness (QED) is 0.823. The van der Waals surface area contributed by atoms with Gasteiger partial charge in [0.25, 0.3) is 0 Å². The summed E-state index contributed by atoms with van der Waals surface area (Å²) in [4.78, 5) is 2.41. The lowest BCUT2D eigenvalue weighted by molar-refractivity contribution is 0.464. The van der Waals surface area contributed by atoms with E-state index in [4.69, 9.17) is 5.26 Å². The van der Waals surface area contributed by atoms with Crippen LogP contribution in [0.15, 0.2) is 22.7 Å². The minimum absolute atomic E-state index is 0.397. The van der Waals surface area contributed by atoms with E-state index in [0.717, 1.165) is 17.4 Å². The van der Waals surface area contributed by atoms with Gasteiger partial charge in [-0.05, 0) is 49.9 Å². The van der Waals surface area contributed by atoms with Crippen LogP contribution in [0.25, 0.3) is 0 Å². The number of hydrogen-bond acceptors (Lipinski definition) is 2. The number of rotatable bonds is 2. The molecule has 2 rings (SSSR count). The highest BCUT2D eigenvalue weighted by Crippen LogP contribution is 2.30. The third-order valence-corrected chi connectivity index (χ3v) is 3.92. The molecule has 90 valence electrons. The van der Waals surface area contributed by atoms with Crippen molar-refractivity contribution < 1.29 is 0 Å². The summed E-state index contributed by atoms with van der Waals surface area (Å²) >= 11 is 3.50. The molecule has 17 heavy (non-hydrogen) atoms. The molecule has 1 unspecified atom stereocenters. The van der Waals surface area contributed by atoms with Crippen molar-refractivity contribution in [2.75, 3.05) is 11.4 Å². The first-order valence-electron chi connectivity index (χ1n) is 6.12. The lowest BCUT2D eigenvalue weighted by atomic mass is 9.98. The van der Waals surface area contributed by atoms with Crippen LogP contribution in [0.5, 0.6) is 0 Å². The predicted octanol–water partition coefficient (Wildman–Crippen LogP) is 4.03. The van der Waals surface area contributed by atoms with Gasteiger partial charge >= 0.3 is 0 Å². The van der Waals surface area contributed by atoms with Gasteiger partial charge in [-0.3, -0.25) is 0 Å². The molecule has 0 saturated carbocycles. The van der Waals surface area contributed by atoms with Crippen molar-refractivity contribution >= 4 is 21.6 Å². The van der Waals surface area contributed by atoms with Crippen LogP contribution in [0, 0.1) is 18.3 Å². The first-order chi connectivity index (χ1) is 8.22. The zero-order valence-electron chi connectivity index (χ0n) is 10.1. The summed E-state index contributed by atoms with van der Waals surface area (Å²) in [5.41, 5.74) is 2.57. The molecule has 0 spiro atoms. The van der Waals surface area contributed by atoms with Crippen LogP contribution < -0.4 is 4.90 Å². The average Bonchev–Trinajstić information content (AvgIpc) is 2.31. The van der Waals surface area contributed by atoms with E-state index in [1.807, 2.05) is 0 Å². The normalized spacial score (nSPS) is 20.1. The van der Waals surface area contributed by atoms with E-state index in [-0.39, 0.29) is 0 Å². The standard InChI is InChI=1S/C14H17BrN2/c1-11-10-12(15)5-6-14(11)17-9-3-2-4-13(17)7-8-16/h5-6,10,13H,2-4,7,9H2,1H3. The van der Waals surface area contributed by atoms with Crippen LogP contribution in [-0.2, 0) is 0 Å². The zero-order chi connectivity index (χ0) is 12.3. The third kappa shape index (κ3) is 2.81. The van der Waals surface area contributed by atoms with E-state index in [2.05, 4.69) is 52.0 Å². The number of aryl methyl sites for hydroxylation is 1. The molecular weight excluding hydrogens is 276 g/mol. The Bertz CT molecular complexity index is 436. The van der Waals surface area contributed by atoms with Gasteiger partial charge in [-0.2, -0.15) is 5.26 Å². The monoisotopic (exact) mass is 292 g/mol. The number of nitrogens with zero attached hydrogens (tertiary/aromatic N) is 2. The minimum atomic E-state index is 0.397. The number of piperidine rings is 1. The number of halogens is 1. The lowest BCUT2D eigenvalue weighted by Gasteiger charge is -2.37. The van der Waals surface area contributed by atoms with Crippen LogP contribution in [0.3, 0.4) is 0 Å². The maximum atomic E-state index is 8.91. The molecule has 0 aliphatic carbocycles. The highest BCUT2D eigenvalue weighted by Gasteiger charge is 2.23. The van der Waals surface area contributed by atoms with Gasteiger partial charge in [0.1, 0.15) is 0 Å². The van der Waals surface area contributed by atoms with E-state index in [0.29, 0.717) is 12.5 Å². The van der Waals surface area contributed by atoms with Crippen molar-refractivity contribution in [3.05, 3.63) is 28.2 Å². The molecule has 1 saturated heterocycles. The van der Waals surface area contributed by atoms with Crippen molar-refractivity contribution in [1.29, 1.82) is 5.26 Å². The maximum absolute atomic E-state index is 8.91. The maximum Gasteiger partial charge on any atom is 0.0643 e. The molecule has 1 atom stereocenters. The summed E-state index contributed by atoms with van der Waals surface area (Å²) in [6.07, 6.45) is 4.26. The molecule has 0 amide bonds. The molecule has 2 nitrogen and oxygen atoms in total. The van der Waals surface area contributed by atoms with Gasteiger partial charge in [-0.15, -0.1) is 0 Å². The van der Waals surface area contributed by atoms with Crippen molar-refractivity contribution in [3.63, 3.8) is 0 Å². The minimum Gasteiger partial charge on any atom is -0.367 e. The molecule has 0 N–H and O–H groups in total. The largest absolute Gasteiger partial charge is 0.367 e. The first kappa shape index (κ1) is 12.4. The van der Waals surface area contributed by atoms with Crippen LogP contribution in [0.2, 0.25) is 0 Å². The number of benzene rings is 1. The fourth-order valence-electron chi connectivity index (χ4n) is 2.58. The summed E-state index contributed by atoms with van der Waals surface area (Å²) in [5.74, 6) is 0. The molecule has 1 aromatic carbocycles. The second-order valence-corrected chi connectivity index (χ2v) is 5.55. The molecule has 0 bridgehead atoms. The number of hydrogen-bond donors (Lipinski definition) is 0. The Hall–Kier alpha value is -1.01. The van der Waals surface area contributed by atoms with E-state index >= 15 is 0 Å². The van der Waals surface area contributed by atoms with Crippen molar-refractivity contribution in [1.82, 2.24) is 0 Å². The number of nitriles is 1. The van der Waals surface area contributed by atoms with Crippen molar-refractivity contribution in [2.24, 2.45) is 0 Å². The number of anilines is 1. The highest BCUT2D eigenvalue weighted by atomic mass is 79.9. The molecule has 0 aromatic heterocycles. The van der Waals surface area contributed by atoms with Crippen molar-refractivity contribution in [2.45, 2.75) is 38.6 Å². The Morgan fingerprint density at radius 1 is 1.47 bits per heavy atom. The molecule has 1 aliphatic rings. The van der Waals surface area contributed by atoms with E-state index in [1.54, 1.807) is 0 Å². The Labute approximate surface area is 111 Å². The second-order valence-electron chi connectivity index (χ2n) is 4.64. The predicted molar refractivity (Wildman–Crippen MR) is 74.1 cm³/mol. The average molecular weight is 293 g/mol. The molecule has 1 aromatic rings. The molecule has 0 radical (unpaired) electrons. The summed E-state index contributed by atoms with van der Waals surface area (Å²) in [6, 6.07) is 9.11. The second kappa shape index (κ2) is 5.55. The summed E-state index contributed by atoms with van der Waals surface area (Å²) < 4.78 is 1.12. The molecule has 1 heterocycles. The smallest absolute Gasteiger partial charge is 0.0643 e. The summed E-state index contributed by atoms with van der Waals surface area (Å²) in [5, 5.41) is 8.91. The van der Waals surface area contributed by atoms with E-state index in [1.165, 1.54) is 24.1 Å². The molecular formula is C14H17BrN2. The van der Waals surface area contributed by atoms with E-state index < -0.39 is 0 Å². The van der Waals surface area contributed by atoms with E-state index in [9.17, 15) is 0 Å². The lowest BCUT2D eigenvalue weighted by Crippen LogP contribution is -2.39. The Kier molecular flexibility index (Phi) is 4.06. The van der Waals surface area contributed by atoms with Gasteiger partial charge in [0.2, 0.25) is 0 Å². The van der Waals surface area contributed by atoms with Crippen LogP contribution in [0.1, 0.15) is 31.2 Å². The highest BCUT2D eigenvalue weighted by molar-refractivity contribution is 9.10. The molecule has 3 heteroatoms. The van der Waals surface area contributed by atoms with Gasteiger partial charge in [-0.1, -0.05) is 15.9 Å². The van der Waals surface area contributed by atoms with Gasteiger partial charge in [0.05, 0.1) is 12.5 Å². The van der Waals surface area contributed by atoms with Gasteiger partial charge in [0, 0.05) is 22.7 Å². The van der Waals surface area contributed by atoms with Crippen LogP contribution >= 0.6 is 15.9 Å². The van der Waals surface area contributed by atoms with Gasteiger partial charge in [0.15, 0.2) is 0 Å². The SMILES string of the molecule is Cc1cc(Br)ccc1N1CCCCC1CC#N. The van der Waals surface area contributed by atoms with Crippen molar-refractivity contribution in [3.8, 4) is 6.07 Å². The molecule has 1 aliphatic heterocycles. The fraction of sp³-hybridized carbons (Fsp3) is 0.500. The topological polar surface area (TPSA) is 27.0 Å². The fourth-order valence-corrected chi connectivity index (χ4v) is 3.05. The van der Waals surface area contributed by atoms with Gasteiger partial charge in [-0.25, -0.2) is 0 Å². The van der Waals surface area contributed by atoms with Gasteiger partial charge < -0.3 is 4.90 Å². The summed E-state index contributed by atoms with van der Waals surface area (Å²) in [7, 11) is 0. The Balaban J connectivity index is 2.26. The Morgan fingerprint density at radius 2 is 2.29 bits per heavy atom. The Morgan fingerprint density at radius 3 is 3.00 bits per heavy atom. The first-order valence-corrected chi connectivity index (χ1v) is 6.91. The zero-order valence-corrected chi connectivity index (χ0v) is 11.7. The summed E-state index contributed by atoms with van der Waals surface area (Å²) in [6.45, 7) is 3.22. The third-order valence-electron chi connectivity index (χ3n) is 3.42. The van der Waals surface area contributed by atoms with Crippen LogP contribution in [0.4, 0.5) is 5.69 Å².